The van der Waals surface area contributed by atoms with Gasteiger partial charge in [-0.3, -0.25) is 9.59 Å². The third kappa shape index (κ3) is 5.91. The molecule has 1 aliphatic rings. The lowest BCUT2D eigenvalue weighted by Crippen LogP contribution is -2.43. The molecule has 0 aliphatic carbocycles. The van der Waals surface area contributed by atoms with Gasteiger partial charge in [0.2, 0.25) is 11.8 Å². The summed E-state index contributed by atoms with van der Waals surface area (Å²) in [5.74, 6) is 0.251. The largest absolute Gasteiger partial charge is 0.493 e. The molecule has 7 heteroatoms. The van der Waals surface area contributed by atoms with Crippen molar-refractivity contribution in [1.82, 2.24) is 5.32 Å². The summed E-state index contributed by atoms with van der Waals surface area (Å²) in [6, 6.07) is 6.96. The van der Waals surface area contributed by atoms with Crippen LogP contribution >= 0.6 is 12.4 Å². The number of nitrogens with one attached hydrogen (secondary N) is 2. The SMILES string of the molecule is Cl.NC(=O)CCOc1ccc(NC(=O)[C@@H]2CCCCN2)cc1. The Labute approximate surface area is 136 Å². The summed E-state index contributed by atoms with van der Waals surface area (Å²) in [5.41, 5.74) is 5.77. The number of benzene rings is 1. The van der Waals surface area contributed by atoms with Gasteiger partial charge in [-0.1, -0.05) is 6.42 Å². The average Bonchev–Trinajstić information content (AvgIpc) is 2.49. The van der Waals surface area contributed by atoms with Crippen LogP contribution < -0.4 is 21.1 Å². The molecule has 1 aromatic carbocycles. The average molecular weight is 328 g/mol. The van der Waals surface area contributed by atoms with Crippen LogP contribution in [0, 0.1) is 0 Å². The minimum Gasteiger partial charge on any atom is -0.493 e. The molecule has 2 amide bonds. The number of carbonyl (C=O) groups is 2. The number of piperidine rings is 1. The van der Waals surface area contributed by atoms with E-state index in [1.807, 2.05) is 0 Å². The molecule has 0 unspecified atom stereocenters. The number of hydrogen-bond acceptors (Lipinski definition) is 4. The summed E-state index contributed by atoms with van der Waals surface area (Å²) in [7, 11) is 0. The third-order valence-corrected chi connectivity index (χ3v) is 3.37. The molecule has 0 aromatic heterocycles. The number of hydrogen-bond donors (Lipinski definition) is 3. The number of nitrogens with two attached hydrogens (primary N) is 1. The van der Waals surface area contributed by atoms with E-state index in [2.05, 4.69) is 10.6 Å². The minimum atomic E-state index is -0.390. The molecule has 4 N–H and O–H groups in total. The van der Waals surface area contributed by atoms with Gasteiger partial charge >= 0.3 is 0 Å². The predicted molar refractivity (Wildman–Crippen MR) is 87.3 cm³/mol. The van der Waals surface area contributed by atoms with Gasteiger partial charge in [0.25, 0.3) is 0 Å². The van der Waals surface area contributed by atoms with Gasteiger partial charge in [0.15, 0.2) is 0 Å². The van der Waals surface area contributed by atoms with Gasteiger partial charge in [-0.2, -0.15) is 0 Å². The number of rotatable bonds is 6. The van der Waals surface area contributed by atoms with Gasteiger partial charge in [-0.05, 0) is 43.7 Å². The highest BCUT2D eigenvalue weighted by Gasteiger charge is 2.20. The summed E-state index contributed by atoms with van der Waals surface area (Å²) in [5, 5.41) is 6.09. The Kier molecular flexibility index (Phi) is 7.70. The zero-order valence-corrected chi connectivity index (χ0v) is 13.2. The maximum Gasteiger partial charge on any atom is 0.241 e. The van der Waals surface area contributed by atoms with E-state index in [4.69, 9.17) is 10.5 Å². The second kappa shape index (κ2) is 9.27. The van der Waals surface area contributed by atoms with Crippen LogP contribution in [0.15, 0.2) is 24.3 Å². The van der Waals surface area contributed by atoms with Crippen LogP contribution in [0.5, 0.6) is 5.75 Å². The van der Waals surface area contributed by atoms with Crippen molar-refractivity contribution in [2.45, 2.75) is 31.7 Å². The van der Waals surface area contributed by atoms with Crippen molar-refractivity contribution in [3.63, 3.8) is 0 Å². The number of anilines is 1. The molecule has 22 heavy (non-hydrogen) atoms. The number of amides is 2. The second-order valence-corrected chi connectivity index (χ2v) is 5.08. The summed E-state index contributed by atoms with van der Waals surface area (Å²) in [4.78, 5) is 22.6. The first-order valence-corrected chi connectivity index (χ1v) is 7.20. The molecule has 0 saturated carbocycles. The lowest BCUT2D eigenvalue weighted by atomic mass is 10.0. The fourth-order valence-corrected chi connectivity index (χ4v) is 2.21. The standard InChI is InChI=1S/C15H21N3O3.ClH/c16-14(19)8-10-21-12-6-4-11(5-7-12)18-15(20)13-3-1-2-9-17-13;/h4-7,13,17H,1-3,8-10H2,(H2,16,19)(H,18,20);1H/t13-;/m0./s1. The van der Waals surface area contributed by atoms with E-state index in [9.17, 15) is 9.59 Å². The van der Waals surface area contributed by atoms with E-state index >= 15 is 0 Å². The Bertz CT molecular complexity index is 487. The topological polar surface area (TPSA) is 93.5 Å². The Morgan fingerprint density at radius 3 is 2.59 bits per heavy atom. The van der Waals surface area contributed by atoms with Gasteiger partial charge in [0.05, 0.1) is 19.1 Å². The molecule has 1 aliphatic heterocycles. The van der Waals surface area contributed by atoms with Crippen molar-refractivity contribution in [3.05, 3.63) is 24.3 Å². The number of ether oxygens (including phenoxy) is 1. The van der Waals surface area contributed by atoms with E-state index in [1.165, 1.54) is 0 Å². The quantitative estimate of drug-likeness (QED) is 0.737. The summed E-state index contributed by atoms with van der Waals surface area (Å²) >= 11 is 0. The van der Waals surface area contributed by atoms with Crippen molar-refractivity contribution >= 4 is 29.9 Å². The second-order valence-electron chi connectivity index (χ2n) is 5.08. The minimum absolute atomic E-state index is 0. The van der Waals surface area contributed by atoms with Gasteiger partial charge in [-0.25, -0.2) is 0 Å². The lowest BCUT2D eigenvalue weighted by Gasteiger charge is -2.22. The molecule has 1 saturated heterocycles. The Balaban J connectivity index is 0.00000242. The van der Waals surface area contributed by atoms with Crippen LogP contribution in [0.3, 0.4) is 0 Å². The summed E-state index contributed by atoms with van der Waals surface area (Å²) < 4.78 is 5.37. The molecule has 1 aromatic rings. The van der Waals surface area contributed by atoms with Gasteiger partial charge in [-0.15, -0.1) is 12.4 Å². The van der Waals surface area contributed by atoms with Crippen molar-refractivity contribution in [1.29, 1.82) is 0 Å². The van der Waals surface area contributed by atoms with Crippen LogP contribution in [0.1, 0.15) is 25.7 Å². The number of halogens is 1. The summed E-state index contributed by atoms with van der Waals surface area (Å²) in [6.07, 6.45) is 3.27. The molecule has 0 radical (unpaired) electrons. The summed E-state index contributed by atoms with van der Waals surface area (Å²) in [6.45, 7) is 1.15. The highest BCUT2D eigenvalue weighted by atomic mass is 35.5. The number of primary amides is 1. The van der Waals surface area contributed by atoms with Crippen LogP contribution in [0.2, 0.25) is 0 Å². The molecule has 0 bridgehead atoms. The Morgan fingerprint density at radius 1 is 1.27 bits per heavy atom. The van der Waals surface area contributed by atoms with E-state index < -0.39 is 0 Å². The van der Waals surface area contributed by atoms with E-state index in [-0.39, 0.29) is 43.3 Å². The third-order valence-electron chi connectivity index (χ3n) is 3.37. The molecule has 1 fully saturated rings. The van der Waals surface area contributed by atoms with Gasteiger partial charge in [0, 0.05) is 5.69 Å². The molecule has 1 atom stereocenters. The van der Waals surface area contributed by atoms with Crippen LogP contribution in [0.4, 0.5) is 5.69 Å². The molecule has 0 spiro atoms. The lowest BCUT2D eigenvalue weighted by molar-refractivity contribution is -0.119. The first-order valence-electron chi connectivity index (χ1n) is 7.20. The van der Waals surface area contributed by atoms with E-state index in [0.29, 0.717) is 5.75 Å². The normalized spacial score (nSPS) is 17.2. The van der Waals surface area contributed by atoms with Crippen molar-refractivity contribution in [3.8, 4) is 5.75 Å². The number of carbonyl (C=O) groups excluding carboxylic acids is 2. The van der Waals surface area contributed by atoms with Gasteiger partial charge < -0.3 is 21.1 Å². The monoisotopic (exact) mass is 327 g/mol. The smallest absolute Gasteiger partial charge is 0.241 e. The Hall–Kier alpha value is -1.79. The molecule has 2 rings (SSSR count). The highest BCUT2D eigenvalue weighted by Crippen LogP contribution is 2.17. The van der Waals surface area contributed by atoms with E-state index in [0.717, 1.165) is 31.5 Å². The fraction of sp³-hybridized carbons (Fsp3) is 0.467. The predicted octanol–water partition coefficient (Wildman–Crippen LogP) is 1.44. The highest BCUT2D eigenvalue weighted by molar-refractivity contribution is 5.94. The molecular formula is C15H22ClN3O3. The van der Waals surface area contributed by atoms with Crippen molar-refractivity contribution in [2.24, 2.45) is 5.73 Å². The van der Waals surface area contributed by atoms with Crippen molar-refractivity contribution in [2.75, 3.05) is 18.5 Å². The molecule has 6 nitrogen and oxygen atoms in total. The zero-order valence-electron chi connectivity index (χ0n) is 12.3. The maximum atomic E-state index is 12.0. The zero-order chi connectivity index (χ0) is 15.1. The molecule has 1 heterocycles. The molecular weight excluding hydrogens is 306 g/mol. The molecule has 122 valence electrons. The first kappa shape index (κ1) is 18.3. The first-order chi connectivity index (χ1) is 10.1. The van der Waals surface area contributed by atoms with E-state index in [1.54, 1.807) is 24.3 Å². The fourth-order valence-electron chi connectivity index (χ4n) is 2.21. The maximum absolute atomic E-state index is 12.0. The van der Waals surface area contributed by atoms with Gasteiger partial charge in [0.1, 0.15) is 5.75 Å². The van der Waals surface area contributed by atoms with Crippen LogP contribution in [0.25, 0.3) is 0 Å². The van der Waals surface area contributed by atoms with Crippen LogP contribution in [-0.2, 0) is 9.59 Å². The Morgan fingerprint density at radius 2 is 2.00 bits per heavy atom. The van der Waals surface area contributed by atoms with Crippen LogP contribution in [-0.4, -0.2) is 31.0 Å². The van der Waals surface area contributed by atoms with Crippen molar-refractivity contribution < 1.29 is 14.3 Å².